The zero-order chi connectivity index (χ0) is 15.2. The summed E-state index contributed by atoms with van der Waals surface area (Å²) in [7, 11) is 0. The van der Waals surface area contributed by atoms with Crippen LogP contribution >= 0.6 is 0 Å². The highest BCUT2D eigenvalue weighted by molar-refractivity contribution is 5.18. The molecule has 0 bridgehead atoms. The molecule has 0 N–H and O–H groups in total. The molecule has 20 heavy (non-hydrogen) atoms. The van der Waals surface area contributed by atoms with Crippen LogP contribution in [0, 0.1) is 0 Å². The molecule has 108 valence electrons. The summed E-state index contributed by atoms with van der Waals surface area (Å²) >= 11 is 0. The summed E-state index contributed by atoms with van der Waals surface area (Å²) in [6.07, 6.45) is -8.41. The van der Waals surface area contributed by atoms with Crippen LogP contribution in [0.4, 0.5) is 26.3 Å². The normalized spacial score (nSPS) is 11.5. The van der Waals surface area contributed by atoms with Crippen molar-refractivity contribution >= 4 is 0 Å². The van der Waals surface area contributed by atoms with Crippen LogP contribution < -0.4 is 0 Å². The van der Waals surface area contributed by atoms with Crippen LogP contribution in [-0.2, 0) is 12.4 Å². The van der Waals surface area contributed by atoms with Gasteiger partial charge in [0.25, 0.3) is 0 Å². The summed E-state index contributed by atoms with van der Waals surface area (Å²) in [5.41, 5.74) is -1.20. The van der Waals surface area contributed by atoms with Crippen molar-refractivity contribution in [3.63, 3.8) is 0 Å². The van der Waals surface area contributed by atoms with E-state index >= 15 is 0 Å². The molecule has 2 aromatic carbocycles. The second kappa shape index (κ2) is 6.45. The minimum Gasteiger partial charge on any atom is -0.166 e. The molecule has 0 spiro atoms. The van der Waals surface area contributed by atoms with E-state index in [1.165, 1.54) is 24.3 Å². The molecule has 0 fully saturated rings. The van der Waals surface area contributed by atoms with Gasteiger partial charge in [-0.25, -0.2) is 0 Å². The van der Waals surface area contributed by atoms with Crippen molar-refractivity contribution in [3.8, 4) is 0 Å². The van der Waals surface area contributed by atoms with Crippen LogP contribution in [0.15, 0.2) is 60.7 Å². The van der Waals surface area contributed by atoms with E-state index in [2.05, 4.69) is 0 Å². The third-order valence-corrected chi connectivity index (χ3v) is 2.20. The molecule has 0 aliphatic rings. The van der Waals surface area contributed by atoms with E-state index < -0.39 is 23.5 Å². The van der Waals surface area contributed by atoms with Gasteiger partial charge in [0.15, 0.2) is 0 Å². The first kappa shape index (κ1) is 16.1. The third-order valence-electron chi connectivity index (χ3n) is 2.20. The first-order chi connectivity index (χ1) is 9.21. The van der Waals surface area contributed by atoms with Crippen molar-refractivity contribution in [1.82, 2.24) is 0 Å². The van der Waals surface area contributed by atoms with Gasteiger partial charge in [0.1, 0.15) is 0 Å². The van der Waals surface area contributed by atoms with Gasteiger partial charge in [-0.05, 0) is 0 Å². The second-order valence-corrected chi connectivity index (χ2v) is 3.73. The maximum absolute atomic E-state index is 11.8. The molecule has 0 heterocycles. The number of hydrogen-bond acceptors (Lipinski definition) is 0. The summed E-state index contributed by atoms with van der Waals surface area (Å²) < 4.78 is 70.7. The molecule has 0 atom stereocenters. The molecule has 2 rings (SSSR count). The molecule has 0 unspecified atom stereocenters. The molecule has 0 aliphatic carbocycles. The summed E-state index contributed by atoms with van der Waals surface area (Å²) in [4.78, 5) is 0. The van der Waals surface area contributed by atoms with Crippen molar-refractivity contribution < 1.29 is 26.3 Å². The molecule has 2 aromatic rings. The van der Waals surface area contributed by atoms with Crippen LogP contribution in [0.5, 0.6) is 0 Å². The molecule has 0 aromatic heterocycles. The van der Waals surface area contributed by atoms with Gasteiger partial charge >= 0.3 is 12.4 Å². The van der Waals surface area contributed by atoms with Crippen LogP contribution in [0.2, 0.25) is 0 Å². The summed E-state index contributed by atoms with van der Waals surface area (Å²) in [6, 6.07) is 12.7. The molecular weight excluding hydrogens is 282 g/mol. The van der Waals surface area contributed by atoms with E-state index in [-0.39, 0.29) is 0 Å². The van der Waals surface area contributed by atoms with Crippen molar-refractivity contribution in [3.05, 3.63) is 71.8 Å². The molecular formula is C14H10F6. The van der Waals surface area contributed by atoms with E-state index in [9.17, 15) is 26.3 Å². The van der Waals surface area contributed by atoms with Gasteiger partial charge in [-0.15, -0.1) is 0 Å². The van der Waals surface area contributed by atoms with Crippen molar-refractivity contribution in [2.75, 3.05) is 0 Å². The van der Waals surface area contributed by atoms with Crippen molar-refractivity contribution in [1.29, 1.82) is 0 Å². The van der Waals surface area contributed by atoms with Crippen LogP contribution in [0.1, 0.15) is 11.1 Å². The summed E-state index contributed by atoms with van der Waals surface area (Å²) in [6.45, 7) is 0. The average molecular weight is 292 g/mol. The van der Waals surface area contributed by atoms with Crippen molar-refractivity contribution in [2.24, 2.45) is 0 Å². The monoisotopic (exact) mass is 292 g/mol. The number of hydrogen-bond donors (Lipinski definition) is 0. The highest BCUT2D eigenvalue weighted by Gasteiger charge is 2.30. The molecule has 0 amide bonds. The van der Waals surface area contributed by atoms with Gasteiger partial charge in [0.05, 0.1) is 11.1 Å². The van der Waals surface area contributed by atoms with E-state index in [1.54, 1.807) is 12.1 Å². The predicted molar refractivity (Wildman–Crippen MR) is 62.9 cm³/mol. The average Bonchev–Trinajstić information content (AvgIpc) is 2.40. The summed E-state index contributed by atoms with van der Waals surface area (Å²) in [5.74, 6) is 0. The Kier molecular flexibility index (Phi) is 5.19. The maximum Gasteiger partial charge on any atom is 0.416 e. The predicted octanol–water partition coefficient (Wildman–Crippen LogP) is 5.41. The van der Waals surface area contributed by atoms with Crippen LogP contribution in [0.25, 0.3) is 0 Å². The number of benzene rings is 2. The first-order valence-electron chi connectivity index (χ1n) is 5.46. The number of rotatable bonds is 0. The van der Waals surface area contributed by atoms with Gasteiger partial charge in [-0.3, -0.25) is 0 Å². The van der Waals surface area contributed by atoms with E-state index in [0.29, 0.717) is 0 Å². The van der Waals surface area contributed by atoms with Gasteiger partial charge in [0.2, 0.25) is 0 Å². The molecule has 0 nitrogen and oxygen atoms in total. The molecule has 0 saturated heterocycles. The van der Waals surface area contributed by atoms with Crippen molar-refractivity contribution in [2.45, 2.75) is 12.4 Å². The highest BCUT2D eigenvalue weighted by atomic mass is 19.4. The lowest BCUT2D eigenvalue weighted by Gasteiger charge is -2.03. The largest absolute Gasteiger partial charge is 0.416 e. The van der Waals surface area contributed by atoms with Gasteiger partial charge in [0, 0.05) is 0 Å². The maximum atomic E-state index is 11.8. The Labute approximate surface area is 111 Å². The lowest BCUT2D eigenvalue weighted by Crippen LogP contribution is -2.03. The standard InChI is InChI=1S/2C7H5F3/c2*8-7(9,10)6-4-2-1-3-5-6/h2*1-5H. The quantitative estimate of drug-likeness (QED) is 0.569. The van der Waals surface area contributed by atoms with Gasteiger partial charge in [-0.2, -0.15) is 26.3 Å². The first-order valence-corrected chi connectivity index (χ1v) is 5.46. The topological polar surface area (TPSA) is 0 Å². The highest BCUT2D eigenvalue weighted by Crippen LogP contribution is 2.28. The Bertz CT molecular complexity index is 449. The Balaban J connectivity index is 0.000000200. The van der Waals surface area contributed by atoms with E-state index in [4.69, 9.17) is 0 Å². The molecule has 0 aliphatic heterocycles. The smallest absolute Gasteiger partial charge is 0.166 e. The fourth-order valence-corrected chi connectivity index (χ4v) is 1.25. The zero-order valence-corrected chi connectivity index (χ0v) is 10.0. The van der Waals surface area contributed by atoms with Crippen LogP contribution in [-0.4, -0.2) is 0 Å². The minimum atomic E-state index is -4.21. The number of alkyl halides is 6. The SMILES string of the molecule is FC(F)(F)c1ccccc1.FC(F)(F)c1ccccc1. The molecule has 0 radical (unpaired) electrons. The Hall–Kier alpha value is -1.98. The zero-order valence-electron chi connectivity index (χ0n) is 10.0. The van der Waals surface area contributed by atoms with Gasteiger partial charge in [-0.1, -0.05) is 60.7 Å². The van der Waals surface area contributed by atoms with Gasteiger partial charge < -0.3 is 0 Å². The molecule has 6 heteroatoms. The van der Waals surface area contributed by atoms with E-state index in [0.717, 1.165) is 24.3 Å². The Morgan fingerprint density at radius 2 is 0.700 bits per heavy atom. The van der Waals surface area contributed by atoms with E-state index in [1.807, 2.05) is 0 Å². The fraction of sp³-hybridized carbons (Fsp3) is 0.143. The fourth-order valence-electron chi connectivity index (χ4n) is 1.25. The minimum absolute atomic E-state index is 0.602. The Morgan fingerprint density at radius 1 is 0.450 bits per heavy atom. The van der Waals surface area contributed by atoms with Crippen LogP contribution in [0.3, 0.4) is 0 Å². The summed E-state index contributed by atoms with van der Waals surface area (Å²) in [5, 5.41) is 0. The second-order valence-electron chi connectivity index (χ2n) is 3.73. The molecule has 0 saturated carbocycles. The lowest BCUT2D eigenvalue weighted by molar-refractivity contribution is -0.138. The third kappa shape index (κ3) is 5.34. The lowest BCUT2D eigenvalue weighted by atomic mass is 10.2. The Morgan fingerprint density at radius 3 is 0.850 bits per heavy atom. The number of halogens is 6.